The van der Waals surface area contributed by atoms with E-state index in [1.165, 1.54) is 4.31 Å². The lowest BCUT2D eigenvalue weighted by molar-refractivity contribution is -0.126. The summed E-state index contributed by atoms with van der Waals surface area (Å²) < 4.78 is 32.5. The van der Waals surface area contributed by atoms with E-state index in [0.717, 1.165) is 25.9 Å². The minimum absolute atomic E-state index is 0.0572. The molecule has 27 heavy (non-hydrogen) atoms. The first-order valence-corrected chi connectivity index (χ1v) is 11.2. The molecule has 2 saturated heterocycles. The smallest absolute Gasteiger partial charge is 0.243 e. The molecule has 0 aliphatic carbocycles. The monoisotopic (exact) mass is 395 g/mol. The molecular weight excluding hydrogens is 366 g/mol. The zero-order valence-corrected chi connectivity index (χ0v) is 16.6. The van der Waals surface area contributed by atoms with Gasteiger partial charge in [0.15, 0.2) is 0 Å². The van der Waals surface area contributed by atoms with Crippen molar-refractivity contribution < 1.29 is 17.9 Å². The molecule has 0 bridgehead atoms. The normalized spacial score (nSPS) is 22.3. The predicted octanol–water partition coefficient (Wildman–Crippen LogP) is 1.35. The molecule has 0 aromatic heterocycles. The van der Waals surface area contributed by atoms with Crippen molar-refractivity contribution in [2.24, 2.45) is 5.92 Å². The van der Waals surface area contributed by atoms with Crippen molar-refractivity contribution in [1.82, 2.24) is 14.9 Å². The number of rotatable bonds is 6. The Balaban J connectivity index is 1.55. The first-order valence-electron chi connectivity index (χ1n) is 9.75. The van der Waals surface area contributed by atoms with E-state index >= 15 is 0 Å². The maximum atomic E-state index is 12.8. The Bertz CT molecular complexity index is 722. The molecule has 2 N–H and O–H groups in total. The maximum absolute atomic E-state index is 12.8. The molecule has 1 aromatic rings. The van der Waals surface area contributed by atoms with Gasteiger partial charge in [-0.25, -0.2) is 8.42 Å². The second-order valence-corrected chi connectivity index (χ2v) is 9.07. The van der Waals surface area contributed by atoms with Crippen LogP contribution in [0.3, 0.4) is 0 Å². The highest BCUT2D eigenvalue weighted by Gasteiger charge is 2.32. The van der Waals surface area contributed by atoms with Gasteiger partial charge in [0.05, 0.1) is 11.5 Å². The van der Waals surface area contributed by atoms with E-state index in [0.29, 0.717) is 38.3 Å². The Morgan fingerprint density at radius 1 is 1.22 bits per heavy atom. The minimum atomic E-state index is -3.53. The molecule has 2 aliphatic rings. The number of benzene rings is 1. The standard InChI is InChI=1S/C19H29N3O4S/c1-2-26-17-5-7-18(8-6-17)27(24,25)22-12-9-15(10-13-22)19(23)21-16-4-3-11-20-14-16/h5-8,15-16,20H,2-4,9-14H2,1H3,(H,21,23)/t16-/m0/s1. The van der Waals surface area contributed by atoms with Gasteiger partial charge in [0, 0.05) is 31.6 Å². The first-order chi connectivity index (χ1) is 13.0. The summed E-state index contributed by atoms with van der Waals surface area (Å²) in [5.41, 5.74) is 0. The first kappa shape index (κ1) is 20.1. The third-order valence-electron chi connectivity index (χ3n) is 5.24. The SMILES string of the molecule is CCOc1ccc(S(=O)(=O)N2CCC(C(=O)N[C@H]3CCCNC3)CC2)cc1. The lowest BCUT2D eigenvalue weighted by Crippen LogP contribution is -2.49. The van der Waals surface area contributed by atoms with Crippen LogP contribution in [-0.2, 0) is 14.8 Å². The number of sulfonamides is 1. The van der Waals surface area contributed by atoms with Crippen molar-refractivity contribution in [3.8, 4) is 5.75 Å². The Labute approximate surface area is 161 Å². The summed E-state index contributed by atoms with van der Waals surface area (Å²) in [4.78, 5) is 12.7. The lowest BCUT2D eigenvalue weighted by Gasteiger charge is -2.32. The zero-order valence-electron chi connectivity index (χ0n) is 15.8. The molecule has 1 amide bonds. The Morgan fingerprint density at radius 2 is 1.93 bits per heavy atom. The number of nitrogens with one attached hydrogen (secondary N) is 2. The molecule has 2 heterocycles. The van der Waals surface area contributed by atoms with E-state index in [2.05, 4.69) is 10.6 Å². The van der Waals surface area contributed by atoms with E-state index in [4.69, 9.17) is 4.74 Å². The molecule has 2 aliphatic heterocycles. The highest BCUT2D eigenvalue weighted by atomic mass is 32.2. The molecule has 7 nitrogen and oxygen atoms in total. The van der Waals surface area contributed by atoms with Crippen molar-refractivity contribution in [1.29, 1.82) is 0 Å². The summed E-state index contributed by atoms with van der Waals surface area (Å²) in [7, 11) is -3.53. The Kier molecular flexibility index (Phi) is 6.73. The highest BCUT2D eigenvalue weighted by molar-refractivity contribution is 7.89. The summed E-state index contributed by atoms with van der Waals surface area (Å²) in [6.45, 7) is 4.99. The van der Waals surface area contributed by atoms with Crippen molar-refractivity contribution >= 4 is 15.9 Å². The maximum Gasteiger partial charge on any atom is 0.243 e. The summed E-state index contributed by atoms with van der Waals surface area (Å²) >= 11 is 0. The quantitative estimate of drug-likeness (QED) is 0.759. The second-order valence-electron chi connectivity index (χ2n) is 7.13. The summed E-state index contributed by atoms with van der Waals surface area (Å²) in [6, 6.07) is 6.70. The number of hydrogen-bond donors (Lipinski definition) is 2. The fourth-order valence-electron chi connectivity index (χ4n) is 3.68. The van der Waals surface area contributed by atoms with Gasteiger partial charge >= 0.3 is 0 Å². The second kappa shape index (κ2) is 9.03. The molecule has 0 spiro atoms. The Hall–Kier alpha value is -1.64. The van der Waals surface area contributed by atoms with Crippen LogP contribution in [0.25, 0.3) is 0 Å². The lowest BCUT2D eigenvalue weighted by atomic mass is 9.96. The van der Waals surface area contributed by atoms with Gasteiger partial charge in [-0.3, -0.25) is 4.79 Å². The van der Waals surface area contributed by atoms with Crippen LogP contribution in [-0.4, -0.2) is 57.5 Å². The molecule has 2 fully saturated rings. The van der Waals surface area contributed by atoms with E-state index < -0.39 is 10.0 Å². The van der Waals surface area contributed by atoms with E-state index in [1.807, 2.05) is 6.92 Å². The van der Waals surface area contributed by atoms with Crippen LogP contribution >= 0.6 is 0 Å². The van der Waals surface area contributed by atoms with Crippen LogP contribution in [0.2, 0.25) is 0 Å². The van der Waals surface area contributed by atoms with Gasteiger partial charge in [-0.15, -0.1) is 0 Å². The number of nitrogens with zero attached hydrogens (tertiary/aromatic N) is 1. The van der Waals surface area contributed by atoms with Gasteiger partial charge in [-0.2, -0.15) is 4.31 Å². The summed E-state index contributed by atoms with van der Waals surface area (Å²) in [6.07, 6.45) is 3.19. The molecule has 150 valence electrons. The van der Waals surface area contributed by atoms with E-state index in [9.17, 15) is 13.2 Å². The molecule has 0 unspecified atom stereocenters. The number of amides is 1. The van der Waals surface area contributed by atoms with Crippen molar-refractivity contribution in [2.45, 2.75) is 43.5 Å². The molecule has 1 aromatic carbocycles. The zero-order chi connectivity index (χ0) is 19.3. The molecular formula is C19H29N3O4S. The van der Waals surface area contributed by atoms with Crippen LogP contribution in [0.4, 0.5) is 0 Å². The van der Waals surface area contributed by atoms with E-state index in [1.54, 1.807) is 24.3 Å². The molecule has 0 saturated carbocycles. The van der Waals surface area contributed by atoms with Gasteiger partial charge in [-0.1, -0.05) is 0 Å². The largest absolute Gasteiger partial charge is 0.494 e. The highest BCUT2D eigenvalue weighted by Crippen LogP contribution is 2.25. The third-order valence-corrected chi connectivity index (χ3v) is 7.15. The fourth-order valence-corrected chi connectivity index (χ4v) is 5.15. The summed E-state index contributed by atoms with van der Waals surface area (Å²) in [5, 5.41) is 6.40. The van der Waals surface area contributed by atoms with E-state index in [-0.39, 0.29) is 22.8 Å². The van der Waals surface area contributed by atoms with Crippen molar-refractivity contribution in [2.75, 3.05) is 32.8 Å². The van der Waals surface area contributed by atoms with Gasteiger partial charge < -0.3 is 15.4 Å². The Morgan fingerprint density at radius 3 is 2.52 bits per heavy atom. The van der Waals surface area contributed by atoms with Crippen molar-refractivity contribution in [3.63, 3.8) is 0 Å². The van der Waals surface area contributed by atoms with Crippen LogP contribution in [0.5, 0.6) is 5.75 Å². The topological polar surface area (TPSA) is 87.7 Å². The van der Waals surface area contributed by atoms with Gasteiger partial charge in [0.2, 0.25) is 15.9 Å². The molecule has 1 atom stereocenters. The molecule has 0 radical (unpaired) electrons. The van der Waals surface area contributed by atoms with Crippen LogP contribution in [0.15, 0.2) is 29.2 Å². The minimum Gasteiger partial charge on any atom is -0.494 e. The van der Waals surface area contributed by atoms with Crippen LogP contribution in [0.1, 0.15) is 32.6 Å². The number of ether oxygens (including phenoxy) is 1. The number of hydrogen-bond acceptors (Lipinski definition) is 5. The van der Waals surface area contributed by atoms with Crippen LogP contribution in [0, 0.1) is 5.92 Å². The number of carbonyl (C=O) groups is 1. The average Bonchev–Trinajstić information content (AvgIpc) is 2.69. The number of piperidine rings is 2. The molecule has 3 rings (SSSR count). The van der Waals surface area contributed by atoms with Gasteiger partial charge in [-0.05, 0) is 63.4 Å². The van der Waals surface area contributed by atoms with Crippen molar-refractivity contribution in [3.05, 3.63) is 24.3 Å². The predicted molar refractivity (Wildman–Crippen MR) is 103 cm³/mol. The van der Waals surface area contributed by atoms with Gasteiger partial charge in [0.1, 0.15) is 5.75 Å². The summed E-state index contributed by atoms with van der Waals surface area (Å²) in [5.74, 6) is 0.601. The van der Waals surface area contributed by atoms with Crippen LogP contribution < -0.4 is 15.4 Å². The number of carbonyl (C=O) groups excluding carboxylic acids is 1. The average molecular weight is 396 g/mol. The third kappa shape index (κ3) is 5.00. The molecule has 8 heteroatoms. The fraction of sp³-hybridized carbons (Fsp3) is 0.632. The van der Waals surface area contributed by atoms with Gasteiger partial charge in [0.25, 0.3) is 0 Å².